The smallest absolute Gasteiger partial charge is 0.312 e. The normalized spacial score (nSPS) is 15.7. The maximum atomic E-state index is 14.0. The molecule has 11 heteroatoms. The van der Waals surface area contributed by atoms with Gasteiger partial charge in [-0.1, -0.05) is 6.07 Å². The first-order valence-electron chi connectivity index (χ1n) is 9.87. The molecule has 1 saturated heterocycles. The number of sulfonamides is 1. The van der Waals surface area contributed by atoms with Crippen molar-refractivity contribution in [3.05, 3.63) is 70.2 Å². The maximum Gasteiger partial charge on any atom is 0.312 e. The van der Waals surface area contributed by atoms with Crippen molar-refractivity contribution in [3.63, 3.8) is 0 Å². The molecule has 2 heterocycles. The summed E-state index contributed by atoms with van der Waals surface area (Å²) in [6.45, 7) is 1.73. The summed E-state index contributed by atoms with van der Waals surface area (Å²) < 4.78 is 46.3. The lowest BCUT2D eigenvalue weighted by Crippen LogP contribution is -2.48. The minimum absolute atomic E-state index is 0.00491. The van der Waals surface area contributed by atoms with Crippen molar-refractivity contribution in [3.8, 4) is 5.75 Å². The minimum Gasteiger partial charge on any atom is -0.490 e. The average Bonchev–Trinajstić information content (AvgIpc) is 2.78. The van der Waals surface area contributed by atoms with Gasteiger partial charge >= 0.3 is 5.69 Å². The summed E-state index contributed by atoms with van der Waals surface area (Å²) in [6.07, 6.45) is 1.66. The monoisotopic (exact) mass is 460 g/mol. The van der Waals surface area contributed by atoms with E-state index >= 15 is 0 Å². The number of nitrogens with zero attached hydrogens (tertiary/aromatic N) is 4. The first-order chi connectivity index (χ1) is 15.3. The molecule has 4 rings (SSSR count). The number of pyridine rings is 1. The highest BCUT2D eigenvalue weighted by molar-refractivity contribution is 7.89. The number of ether oxygens (including phenoxy) is 1. The minimum atomic E-state index is -3.91. The molecule has 0 N–H and O–H groups in total. The highest BCUT2D eigenvalue weighted by atomic mass is 32.2. The Balaban J connectivity index is 1.49. The van der Waals surface area contributed by atoms with Crippen LogP contribution in [0.4, 0.5) is 10.1 Å². The Bertz CT molecular complexity index is 1280. The fourth-order valence-corrected chi connectivity index (χ4v) is 5.28. The zero-order chi connectivity index (χ0) is 22.9. The number of nitro groups is 1. The molecule has 1 aliphatic heterocycles. The van der Waals surface area contributed by atoms with Crippen molar-refractivity contribution in [2.45, 2.75) is 11.4 Å². The summed E-state index contributed by atoms with van der Waals surface area (Å²) in [5.74, 6) is -0.350. The number of benzene rings is 2. The van der Waals surface area contributed by atoms with Crippen LogP contribution in [-0.2, 0) is 16.6 Å². The molecule has 0 aliphatic carbocycles. The van der Waals surface area contributed by atoms with Gasteiger partial charge < -0.3 is 4.74 Å². The number of halogens is 1. The predicted molar refractivity (Wildman–Crippen MR) is 115 cm³/mol. The largest absolute Gasteiger partial charge is 0.490 e. The molecule has 32 heavy (non-hydrogen) atoms. The molecule has 1 aromatic heterocycles. The molecule has 0 amide bonds. The summed E-state index contributed by atoms with van der Waals surface area (Å²) in [7, 11) is -2.62. The number of aromatic nitrogens is 1. The van der Waals surface area contributed by atoms with Crippen LogP contribution >= 0.6 is 0 Å². The molecule has 2 aromatic carbocycles. The number of nitro benzene ring substituents is 1. The van der Waals surface area contributed by atoms with E-state index in [4.69, 9.17) is 4.74 Å². The third-order valence-electron chi connectivity index (χ3n) is 5.46. The molecule has 1 aliphatic rings. The van der Waals surface area contributed by atoms with Crippen LogP contribution in [0.3, 0.4) is 0 Å². The first kappa shape index (κ1) is 22.1. The number of methoxy groups -OCH3 is 1. The Morgan fingerprint density at radius 2 is 1.91 bits per heavy atom. The van der Waals surface area contributed by atoms with Crippen LogP contribution in [0.1, 0.15) is 5.56 Å². The summed E-state index contributed by atoms with van der Waals surface area (Å²) in [4.78, 5) is 16.8. The Hall–Kier alpha value is -3.15. The lowest BCUT2D eigenvalue weighted by Gasteiger charge is -2.34. The van der Waals surface area contributed by atoms with Gasteiger partial charge in [-0.05, 0) is 35.9 Å². The molecule has 0 radical (unpaired) electrons. The van der Waals surface area contributed by atoms with Crippen molar-refractivity contribution in [2.24, 2.45) is 0 Å². The fraction of sp³-hybridized carbons (Fsp3) is 0.286. The van der Waals surface area contributed by atoms with E-state index in [1.165, 1.54) is 35.7 Å². The summed E-state index contributed by atoms with van der Waals surface area (Å²) in [6, 6.07) is 10.0. The quantitative estimate of drug-likeness (QED) is 0.411. The Kier molecular flexibility index (Phi) is 6.04. The van der Waals surface area contributed by atoms with Crippen LogP contribution in [0.15, 0.2) is 53.6 Å². The van der Waals surface area contributed by atoms with Gasteiger partial charge in [-0.25, -0.2) is 12.8 Å². The Morgan fingerprint density at radius 3 is 2.59 bits per heavy atom. The number of fused-ring (bicyclic) bond motifs is 1. The number of rotatable bonds is 6. The molecule has 0 bridgehead atoms. The predicted octanol–water partition coefficient (Wildman–Crippen LogP) is 2.80. The van der Waals surface area contributed by atoms with Crippen LogP contribution in [-0.4, -0.2) is 60.8 Å². The number of hydrogen-bond acceptors (Lipinski definition) is 7. The molecule has 3 aromatic rings. The molecule has 168 valence electrons. The Labute approximate surface area is 184 Å². The average molecular weight is 460 g/mol. The second kappa shape index (κ2) is 8.77. The second-order valence-corrected chi connectivity index (χ2v) is 9.35. The highest BCUT2D eigenvalue weighted by Crippen LogP contribution is 2.31. The lowest BCUT2D eigenvalue weighted by atomic mass is 10.1. The molecule has 1 fully saturated rings. The molecular formula is C21H21FN4O5S. The van der Waals surface area contributed by atoms with Crippen molar-refractivity contribution < 1.29 is 22.5 Å². The van der Waals surface area contributed by atoms with Gasteiger partial charge in [-0.15, -0.1) is 0 Å². The third-order valence-corrected chi connectivity index (χ3v) is 7.35. The van der Waals surface area contributed by atoms with Gasteiger partial charge in [0.1, 0.15) is 5.82 Å². The van der Waals surface area contributed by atoms with Crippen LogP contribution in [0, 0.1) is 15.9 Å². The van der Waals surface area contributed by atoms with Crippen LogP contribution in [0.25, 0.3) is 10.9 Å². The first-order valence-corrected chi connectivity index (χ1v) is 11.3. The van der Waals surface area contributed by atoms with E-state index in [0.717, 1.165) is 17.1 Å². The van der Waals surface area contributed by atoms with Crippen molar-refractivity contribution in [1.82, 2.24) is 14.2 Å². The third kappa shape index (κ3) is 4.27. The van der Waals surface area contributed by atoms with Crippen LogP contribution in [0.5, 0.6) is 5.75 Å². The second-order valence-electron chi connectivity index (χ2n) is 7.41. The zero-order valence-electron chi connectivity index (χ0n) is 17.3. The van der Waals surface area contributed by atoms with Gasteiger partial charge in [-0.3, -0.25) is 20.0 Å². The molecule has 0 spiro atoms. The van der Waals surface area contributed by atoms with Gasteiger partial charge in [0.05, 0.1) is 22.4 Å². The van der Waals surface area contributed by atoms with Crippen LogP contribution in [0.2, 0.25) is 0 Å². The van der Waals surface area contributed by atoms with E-state index < -0.39 is 20.6 Å². The fourth-order valence-electron chi connectivity index (χ4n) is 3.84. The molecule has 0 atom stereocenters. The van der Waals surface area contributed by atoms with Crippen molar-refractivity contribution in [2.75, 3.05) is 33.3 Å². The number of piperazine rings is 1. The standard InChI is InChI=1S/C21H21FN4O5S/c1-31-20-5-4-18(13-19(20)26(27)28)32(29,30)25-9-7-24(8-10-25)14-16-12-17(22)11-15-3-2-6-23-21(15)16/h2-6,11-13H,7-10,14H2,1H3. The van der Waals surface area contributed by atoms with E-state index in [9.17, 15) is 22.9 Å². The van der Waals surface area contributed by atoms with E-state index in [1.807, 2.05) is 4.90 Å². The molecular weight excluding hydrogens is 439 g/mol. The lowest BCUT2D eigenvalue weighted by molar-refractivity contribution is -0.386. The van der Waals surface area contributed by atoms with E-state index in [1.54, 1.807) is 18.3 Å². The SMILES string of the molecule is COc1ccc(S(=O)(=O)N2CCN(Cc3cc(F)cc4cccnc34)CC2)cc1[N+](=O)[O-]. The molecule has 0 saturated carbocycles. The van der Waals surface area contributed by atoms with E-state index in [-0.39, 0.29) is 29.6 Å². The molecule has 0 unspecified atom stereocenters. The van der Waals surface area contributed by atoms with Gasteiger partial charge in [0.2, 0.25) is 10.0 Å². The number of hydrogen-bond donors (Lipinski definition) is 0. The summed E-state index contributed by atoms with van der Waals surface area (Å²) in [5.41, 5.74) is 1.05. The van der Waals surface area contributed by atoms with E-state index in [0.29, 0.717) is 25.0 Å². The van der Waals surface area contributed by atoms with E-state index in [2.05, 4.69) is 4.98 Å². The highest BCUT2D eigenvalue weighted by Gasteiger charge is 2.31. The van der Waals surface area contributed by atoms with Crippen molar-refractivity contribution in [1.29, 1.82) is 0 Å². The van der Waals surface area contributed by atoms with Gasteiger partial charge in [0, 0.05) is 50.4 Å². The maximum absolute atomic E-state index is 14.0. The topological polar surface area (TPSA) is 106 Å². The van der Waals surface area contributed by atoms with Crippen molar-refractivity contribution >= 4 is 26.6 Å². The van der Waals surface area contributed by atoms with Gasteiger partial charge in [0.15, 0.2) is 5.75 Å². The summed E-state index contributed by atoms with van der Waals surface area (Å²) in [5, 5.41) is 12.0. The summed E-state index contributed by atoms with van der Waals surface area (Å²) >= 11 is 0. The Morgan fingerprint density at radius 1 is 1.16 bits per heavy atom. The molecule has 9 nitrogen and oxygen atoms in total. The zero-order valence-corrected chi connectivity index (χ0v) is 18.1. The van der Waals surface area contributed by atoms with Gasteiger partial charge in [-0.2, -0.15) is 4.31 Å². The van der Waals surface area contributed by atoms with Gasteiger partial charge in [0.25, 0.3) is 0 Å². The van der Waals surface area contributed by atoms with Crippen LogP contribution < -0.4 is 4.74 Å².